The second-order valence-electron chi connectivity index (χ2n) is 6.72. The molecule has 0 unspecified atom stereocenters. The van der Waals surface area contributed by atoms with Gasteiger partial charge in [-0.15, -0.1) is 0 Å². The van der Waals surface area contributed by atoms with Crippen molar-refractivity contribution in [2.24, 2.45) is 0 Å². The smallest absolute Gasteiger partial charge is 0.243 e. The summed E-state index contributed by atoms with van der Waals surface area (Å²) >= 11 is 0. The van der Waals surface area contributed by atoms with Gasteiger partial charge in [-0.05, 0) is 35.2 Å². The number of amides is 1. The van der Waals surface area contributed by atoms with E-state index in [1.807, 2.05) is 30.3 Å². The molecule has 1 heterocycles. The Hall–Kier alpha value is -2.22. The minimum atomic E-state index is -3.59. The van der Waals surface area contributed by atoms with Gasteiger partial charge in [0.25, 0.3) is 0 Å². The maximum atomic E-state index is 12.9. The van der Waals surface area contributed by atoms with Crippen LogP contribution in [0.2, 0.25) is 0 Å². The Balaban J connectivity index is 1.77. The largest absolute Gasteiger partial charge is 0.396 e. The maximum absolute atomic E-state index is 12.9. The fourth-order valence-corrected chi connectivity index (χ4v) is 4.47. The number of carbonyl (C=O) groups excluding carboxylic acids is 1. The van der Waals surface area contributed by atoms with Crippen molar-refractivity contribution in [3.05, 3.63) is 65.2 Å². The lowest BCUT2D eigenvalue weighted by Crippen LogP contribution is -2.36. The lowest BCUT2D eigenvalue weighted by Gasteiger charge is -2.29. The molecule has 0 aliphatic carbocycles. The van der Waals surface area contributed by atoms with Gasteiger partial charge in [-0.25, -0.2) is 8.42 Å². The number of fused-ring (bicyclic) bond motifs is 1. The summed E-state index contributed by atoms with van der Waals surface area (Å²) < 4.78 is 27.2. The van der Waals surface area contributed by atoms with Gasteiger partial charge in [0.15, 0.2) is 0 Å². The summed E-state index contributed by atoms with van der Waals surface area (Å²) in [5.41, 5.74) is 2.84. The molecule has 0 saturated carbocycles. The van der Waals surface area contributed by atoms with E-state index in [-0.39, 0.29) is 23.8 Å². The van der Waals surface area contributed by atoms with Gasteiger partial charge >= 0.3 is 0 Å². The SMILES string of the molecule is CN(Cc1ccccc1)S(=O)(=O)c1ccc2c(c1)CCN(C(=O)CCO)C2. The highest BCUT2D eigenvalue weighted by Gasteiger charge is 2.25. The molecule has 0 saturated heterocycles. The average Bonchev–Trinajstić information content (AvgIpc) is 2.68. The molecular weight excluding hydrogens is 364 g/mol. The first-order valence-electron chi connectivity index (χ1n) is 8.92. The van der Waals surface area contributed by atoms with E-state index in [0.717, 1.165) is 16.7 Å². The van der Waals surface area contributed by atoms with Crippen molar-refractivity contribution in [1.29, 1.82) is 0 Å². The molecule has 1 aliphatic rings. The molecule has 0 spiro atoms. The Kier molecular flexibility index (Phi) is 5.94. The third kappa shape index (κ3) is 4.37. The van der Waals surface area contributed by atoms with Crippen LogP contribution >= 0.6 is 0 Å². The van der Waals surface area contributed by atoms with Crippen LogP contribution < -0.4 is 0 Å². The van der Waals surface area contributed by atoms with Crippen LogP contribution in [0.1, 0.15) is 23.1 Å². The molecule has 1 amide bonds. The lowest BCUT2D eigenvalue weighted by molar-refractivity contribution is -0.132. The minimum absolute atomic E-state index is 0.0811. The second-order valence-corrected chi connectivity index (χ2v) is 8.76. The van der Waals surface area contributed by atoms with Crippen molar-refractivity contribution >= 4 is 15.9 Å². The van der Waals surface area contributed by atoms with E-state index in [1.54, 1.807) is 30.1 Å². The van der Waals surface area contributed by atoms with E-state index in [9.17, 15) is 13.2 Å². The summed E-state index contributed by atoms with van der Waals surface area (Å²) in [6, 6.07) is 14.6. The highest BCUT2D eigenvalue weighted by molar-refractivity contribution is 7.89. The number of sulfonamides is 1. The fraction of sp³-hybridized carbons (Fsp3) is 0.350. The third-order valence-corrected chi connectivity index (χ3v) is 6.62. The summed E-state index contributed by atoms with van der Waals surface area (Å²) in [5.74, 6) is -0.0811. The molecule has 2 aromatic rings. The van der Waals surface area contributed by atoms with Crippen molar-refractivity contribution in [2.45, 2.75) is 30.8 Å². The molecule has 0 atom stereocenters. The van der Waals surface area contributed by atoms with Crippen LogP contribution in [0.4, 0.5) is 0 Å². The Bertz CT molecular complexity index is 913. The first kappa shape index (κ1) is 19.5. The number of nitrogens with zero attached hydrogens (tertiary/aromatic N) is 2. The quantitative estimate of drug-likeness (QED) is 0.818. The number of hydrogen-bond acceptors (Lipinski definition) is 4. The number of benzene rings is 2. The Morgan fingerprint density at radius 2 is 1.89 bits per heavy atom. The Morgan fingerprint density at radius 1 is 1.15 bits per heavy atom. The highest BCUT2D eigenvalue weighted by Crippen LogP contribution is 2.25. The molecule has 1 N–H and O–H groups in total. The van der Waals surface area contributed by atoms with E-state index in [4.69, 9.17) is 5.11 Å². The van der Waals surface area contributed by atoms with Gasteiger partial charge in [0.05, 0.1) is 11.5 Å². The summed E-state index contributed by atoms with van der Waals surface area (Å²) in [4.78, 5) is 13.9. The molecule has 0 fully saturated rings. The molecule has 144 valence electrons. The number of aliphatic hydroxyl groups is 1. The highest BCUT2D eigenvalue weighted by atomic mass is 32.2. The van der Waals surface area contributed by atoms with Crippen LogP contribution in [0.5, 0.6) is 0 Å². The second kappa shape index (κ2) is 8.21. The molecule has 6 nitrogen and oxygen atoms in total. The molecule has 3 rings (SSSR count). The van der Waals surface area contributed by atoms with E-state index in [1.165, 1.54) is 4.31 Å². The average molecular weight is 388 g/mol. The van der Waals surface area contributed by atoms with Gasteiger partial charge in [-0.1, -0.05) is 36.4 Å². The van der Waals surface area contributed by atoms with Crippen molar-refractivity contribution in [2.75, 3.05) is 20.2 Å². The Morgan fingerprint density at radius 3 is 2.59 bits per heavy atom. The normalized spacial score (nSPS) is 14.3. The Labute approximate surface area is 160 Å². The summed E-state index contributed by atoms with van der Waals surface area (Å²) in [6.45, 7) is 1.14. The van der Waals surface area contributed by atoms with E-state index >= 15 is 0 Å². The van der Waals surface area contributed by atoms with Crippen molar-refractivity contribution in [1.82, 2.24) is 9.21 Å². The first-order chi connectivity index (χ1) is 12.9. The van der Waals surface area contributed by atoms with E-state index < -0.39 is 10.0 Å². The van der Waals surface area contributed by atoms with Crippen LogP contribution in [-0.2, 0) is 34.3 Å². The zero-order valence-corrected chi connectivity index (χ0v) is 16.2. The molecular formula is C20H24N2O4S. The lowest BCUT2D eigenvalue weighted by atomic mass is 10.00. The first-order valence-corrected chi connectivity index (χ1v) is 10.4. The molecule has 27 heavy (non-hydrogen) atoms. The van der Waals surface area contributed by atoms with Crippen molar-refractivity contribution in [3.63, 3.8) is 0 Å². The number of aliphatic hydroxyl groups excluding tert-OH is 1. The van der Waals surface area contributed by atoms with E-state index in [2.05, 4.69) is 0 Å². The van der Waals surface area contributed by atoms with Gasteiger partial charge in [0.2, 0.25) is 15.9 Å². The van der Waals surface area contributed by atoms with Crippen molar-refractivity contribution < 1.29 is 18.3 Å². The summed E-state index contributed by atoms with van der Waals surface area (Å²) in [5, 5.41) is 8.93. The predicted molar refractivity (Wildman–Crippen MR) is 102 cm³/mol. The number of hydrogen-bond donors (Lipinski definition) is 1. The molecule has 0 radical (unpaired) electrons. The maximum Gasteiger partial charge on any atom is 0.243 e. The van der Waals surface area contributed by atoms with Crippen LogP contribution in [0.15, 0.2) is 53.4 Å². The number of rotatable bonds is 6. The van der Waals surface area contributed by atoms with Gasteiger partial charge in [0, 0.05) is 33.1 Å². The van der Waals surface area contributed by atoms with Gasteiger partial charge < -0.3 is 10.0 Å². The van der Waals surface area contributed by atoms with Crippen LogP contribution in [0, 0.1) is 0 Å². The third-order valence-electron chi connectivity index (χ3n) is 4.82. The minimum Gasteiger partial charge on any atom is -0.396 e. The van der Waals surface area contributed by atoms with Gasteiger partial charge in [0.1, 0.15) is 0 Å². The number of carbonyl (C=O) groups is 1. The molecule has 1 aliphatic heterocycles. The predicted octanol–water partition coefficient (Wildman–Crippen LogP) is 1.77. The van der Waals surface area contributed by atoms with Crippen molar-refractivity contribution in [3.8, 4) is 0 Å². The standard InChI is InChI=1S/C20H24N2O4S/c1-21(14-16-5-3-2-4-6-16)27(25,26)19-8-7-18-15-22(20(24)10-12-23)11-9-17(18)13-19/h2-8,13,23H,9-12,14-15H2,1H3. The van der Waals surface area contributed by atoms with Crippen LogP contribution in [0.3, 0.4) is 0 Å². The zero-order valence-electron chi connectivity index (χ0n) is 15.3. The molecule has 0 bridgehead atoms. The van der Waals surface area contributed by atoms with Crippen LogP contribution in [0.25, 0.3) is 0 Å². The molecule has 7 heteroatoms. The van der Waals surface area contributed by atoms with E-state index in [0.29, 0.717) is 26.1 Å². The summed E-state index contributed by atoms with van der Waals surface area (Å²) in [7, 11) is -2.01. The van der Waals surface area contributed by atoms with Crippen LogP contribution in [-0.4, -0.2) is 48.8 Å². The fourth-order valence-electron chi connectivity index (χ4n) is 3.26. The topological polar surface area (TPSA) is 77.9 Å². The monoisotopic (exact) mass is 388 g/mol. The molecule has 2 aromatic carbocycles. The van der Waals surface area contributed by atoms with Gasteiger partial charge in [-0.3, -0.25) is 4.79 Å². The summed E-state index contributed by atoms with van der Waals surface area (Å²) in [6.07, 6.45) is 0.727. The van der Waals surface area contributed by atoms with Gasteiger partial charge in [-0.2, -0.15) is 4.31 Å². The molecule has 0 aromatic heterocycles. The zero-order chi connectivity index (χ0) is 19.4.